The first-order valence-corrected chi connectivity index (χ1v) is 9.34. The van der Waals surface area contributed by atoms with Gasteiger partial charge in [0.25, 0.3) is 0 Å². The molecule has 1 heterocycles. The van der Waals surface area contributed by atoms with E-state index in [-0.39, 0.29) is 64.5 Å². The number of benzene rings is 2. The third kappa shape index (κ3) is 6.25. The smallest absolute Gasteiger partial charge is 0.790 e. The molecule has 0 saturated carbocycles. The Morgan fingerprint density at radius 1 is 1.04 bits per heavy atom. The van der Waals surface area contributed by atoms with Gasteiger partial charge in [-0.2, -0.15) is 0 Å². The number of aromatic nitrogens is 2. The van der Waals surface area contributed by atoms with Gasteiger partial charge < -0.3 is 18.9 Å². The summed E-state index contributed by atoms with van der Waals surface area (Å²) in [4.78, 5) is 26.3. The Labute approximate surface area is 203 Å². The number of phosphoric ester groups is 1. The summed E-state index contributed by atoms with van der Waals surface area (Å²) in [5.41, 5.74) is 3.43. The predicted octanol–water partition coefficient (Wildman–Crippen LogP) is -3.19. The number of phosphoric acid groups is 1. The van der Waals surface area contributed by atoms with E-state index in [9.17, 15) is 14.4 Å². The molecule has 0 unspecified atom stereocenters. The number of fused-ring (bicyclic) bond motifs is 1. The van der Waals surface area contributed by atoms with Crippen molar-refractivity contribution in [3.05, 3.63) is 54.1 Å². The number of hydrogen-bond donors (Lipinski definition) is 0. The minimum Gasteiger partial charge on any atom is -0.790 e. The Morgan fingerprint density at radius 3 is 2.19 bits per heavy atom. The molecule has 0 amide bonds. The maximum Gasteiger partial charge on any atom is 1.00 e. The van der Waals surface area contributed by atoms with Gasteiger partial charge in [0.1, 0.15) is 12.6 Å². The van der Waals surface area contributed by atoms with E-state index in [4.69, 9.17) is 0 Å². The van der Waals surface area contributed by atoms with E-state index >= 15 is 0 Å². The van der Waals surface area contributed by atoms with Gasteiger partial charge in [0.05, 0.1) is 18.9 Å². The summed E-state index contributed by atoms with van der Waals surface area (Å²) in [5, 5.41) is 0. The predicted molar refractivity (Wildman–Crippen MR) is 92.6 cm³/mol. The van der Waals surface area contributed by atoms with Gasteiger partial charge in [-0.05, 0) is 23.1 Å². The molecule has 9 heteroatoms. The molecule has 0 atom stereocenters. The number of nitrogens with zero attached hydrogens (tertiary/aromatic N) is 2. The molecule has 0 fully saturated rings. The van der Waals surface area contributed by atoms with Crippen molar-refractivity contribution in [3.8, 4) is 11.4 Å². The number of para-hydroxylation sites is 2. The molecule has 0 N–H and O–H groups in total. The second kappa shape index (κ2) is 9.68. The molecular formula is C18H19N2Na2O4P. The topological polar surface area (TPSA) is 90.2 Å². The first kappa shape index (κ1) is 25.1. The van der Waals surface area contributed by atoms with Crippen LogP contribution in [-0.4, -0.2) is 9.55 Å². The van der Waals surface area contributed by atoms with Crippen molar-refractivity contribution in [1.29, 1.82) is 0 Å². The molecule has 132 valence electrons. The maximum atomic E-state index is 10.9. The third-order valence-corrected chi connectivity index (χ3v) is 4.44. The van der Waals surface area contributed by atoms with Gasteiger partial charge in [0, 0.05) is 5.56 Å². The van der Waals surface area contributed by atoms with Crippen LogP contribution in [0.2, 0.25) is 0 Å². The normalized spacial score (nSPS) is 11.7. The van der Waals surface area contributed by atoms with Crippen molar-refractivity contribution in [3.63, 3.8) is 0 Å². The van der Waals surface area contributed by atoms with Gasteiger partial charge in [-0.1, -0.05) is 57.2 Å². The Kier molecular flexibility index (Phi) is 8.98. The molecule has 0 aliphatic heterocycles. The van der Waals surface area contributed by atoms with Gasteiger partial charge in [0.2, 0.25) is 0 Å². The molecule has 0 saturated heterocycles. The van der Waals surface area contributed by atoms with Crippen LogP contribution < -0.4 is 68.9 Å². The average molecular weight is 404 g/mol. The molecule has 3 rings (SSSR count). The van der Waals surface area contributed by atoms with Crippen LogP contribution in [0.1, 0.15) is 26.3 Å². The largest absolute Gasteiger partial charge is 1.00 e. The van der Waals surface area contributed by atoms with Crippen molar-refractivity contribution < 1.29 is 78.0 Å². The third-order valence-electron chi connectivity index (χ3n) is 4.01. The van der Waals surface area contributed by atoms with Crippen molar-refractivity contribution >= 4 is 18.9 Å². The second-order valence-corrected chi connectivity index (χ2v) is 8.04. The quantitative estimate of drug-likeness (QED) is 0.338. The first-order valence-electron chi connectivity index (χ1n) is 7.88. The van der Waals surface area contributed by atoms with Crippen LogP contribution in [0.15, 0.2) is 48.5 Å². The zero-order chi connectivity index (χ0) is 18.2. The summed E-state index contributed by atoms with van der Waals surface area (Å²) in [6, 6.07) is 15.2. The van der Waals surface area contributed by atoms with Crippen molar-refractivity contribution in [1.82, 2.24) is 9.55 Å². The molecular weight excluding hydrogens is 385 g/mol. The molecule has 0 aliphatic rings. The summed E-state index contributed by atoms with van der Waals surface area (Å²) in [6.07, 6.45) is 0. The fourth-order valence-corrected chi connectivity index (χ4v) is 2.93. The fraction of sp³-hybridized carbons (Fsp3) is 0.278. The second-order valence-electron chi connectivity index (χ2n) is 6.88. The van der Waals surface area contributed by atoms with Gasteiger partial charge in [-0.15, -0.1) is 0 Å². The molecule has 2 aromatic carbocycles. The molecule has 0 radical (unpaired) electrons. The molecule has 0 bridgehead atoms. The van der Waals surface area contributed by atoms with E-state index in [0.717, 1.165) is 5.56 Å². The number of rotatable bonds is 4. The average Bonchev–Trinajstić information content (AvgIpc) is 2.90. The van der Waals surface area contributed by atoms with Crippen LogP contribution in [0.3, 0.4) is 0 Å². The van der Waals surface area contributed by atoms with Crippen molar-refractivity contribution in [2.75, 3.05) is 0 Å². The number of imidazole rings is 1. The van der Waals surface area contributed by atoms with Crippen molar-refractivity contribution in [2.24, 2.45) is 0 Å². The van der Waals surface area contributed by atoms with E-state index in [0.29, 0.717) is 16.9 Å². The monoisotopic (exact) mass is 404 g/mol. The zero-order valence-electron chi connectivity index (χ0n) is 16.3. The Balaban J connectivity index is 0.00000182. The van der Waals surface area contributed by atoms with Crippen molar-refractivity contribution in [2.45, 2.75) is 32.9 Å². The Bertz CT molecular complexity index is 946. The minimum absolute atomic E-state index is 0. The van der Waals surface area contributed by atoms with Gasteiger partial charge in [-0.3, -0.25) is 4.57 Å². The van der Waals surface area contributed by atoms with Gasteiger partial charge in [-0.25, -0.2) is 4.98 Å². The first-order chi connectivity index (χ1) is 11.6. The molecule has 0 aliphatic carbocycles. The molecule has 3 aromatic rings. The van der Waals surface area contributed by atoms with Crippen LogP contribution in [0.4, 0.5) is 0 Å². The van der Waals surface area contributed by atoms with Gasteiger partial charge >= 0.3 is 59.1 Å². The molecule has 27 heavy (non-hydrogen) atoms. The standard InChI is InChI=1S/C18H21N2O4P.2Na/c1-18(2,3)14-10-8-13(9-11-14)17-19-15-6-4-5-7-16(15)20(17)12-24-25(21,22)23;;/h4-11H,12H2,1-3H3,(H2,21,22,23);;/q;2*+1/p-2. The van der Waals surface area contributed by atoms with E-state index in [1.807, 2.05) is 42.5 Å². The zero-order valence-corrected chi connectivity index (χ0v) is 21.2. The summed E-state index contributed by atoms with van der Waals surface area (Å²) < 4.78 is 17.0. The van der Waals surface area contributed by atoms with Gasteiger partial charge in [0.15, 0.2) is 0 Å². The molecule has 1 aromatic heterocycles. The SMILES string of the molecule is CC(C)(C)c1ccc(-c2nc3ccccc3n2COP(=O)([O-])[O-])cc1.[Na+].[Na+]. The fourth-order valence-electron chi connectivity index (χ4n) is 2.67. The van der Waals surface area contributed by atoms with Crippen LogP contribution >= 0.6 is 7.82 Å². The van der Waals surface area contributed by atoms with Crippen LogP contribution in [0, 0.1) is 0 Å². The van der Waals surface area contributed by atoms with E-state index in [1.54, 1.807) is 10.6 Å². The molecule has 6 nitrogen and oxygen atoms in total. The van der Waals surface area contributed by atoms with E-state index < -0.39 is 14.6 Å². The van der Waals surface area contributed by atoms with Crippen LogP contribution in [0.25, 0.3) is 22.4 Å². The van der Waals surface area contributed by atoms with Crippen LogP contribution in [0.5, 0.6) is 0 Å². The summed E-state index contributed by atoms with van der Waals surface area (Å²) in [6.45, 7) is 5.99. The minimum atomic E-state index is -5.07. The Morgan fingerprint density at radius 2 is 1.63 bits per heavy atom. The summed E-state index contributed by atoms with van der Waals surface area (Å²) in [5.74, 6) is 0.551. The van der Waals surface area contributed by atoms with E-state index in [1.165, 1.54) is 5.56 Å². The van der Waals surface area contributed by atoms with E-state index in [2.05, 4.69) is 30.3 Å². The number of hydrogen-bond acceptors (Lipinski definition) is 5. The summed E-state index contributed by atoms with van der Waals surface area (Å²) in [7, 11) is -5.07. The molecule has 0 spiro atoms. The Hall–Kier alpha value is 0.0200. The maximum absolute atomic E-state index is 10.9. The van der Waals surface area contributed by atoms with Crippen LogP contribution in [-0.2, 0) is 21.2 Å². The summed E-state index contributed by atoms with van der Waals surface area (Å²) >= 11 is 0.